The summed E-state index contributed by atoms with van der Waals surface area (Å²) in [5.74, 6) is 0.134. The summed E-state index contributed by atoms with van der Waals surface area (Å²) in [6.07, 6.45) is 4.57. The molecule has 0 saturated carbocycles. The number of fused-ring (bicyclic) bond motifs is 1. The van der Waals surface area contributed by atoms with Crippen LogP contribution in [0.3, 0.4) is 0 Å². The van der Waals surface area contributed by atoms with E-state index in [1.807, 2.05) is 18.7 Å². The number of benzene rings is 1. The molecule has 1 aromatic carbocycles. The van der Waals surface area contributed by atoms with Gasteiger partial charge in [-0.25, -0.2) is 0 Å². The molecule has 0 bridgehead atoms. The molecular formula is C19H25N3O. The Morgan fingerprint density at radius 2 is 2.13 bits per heavy atom. The van der Waals surface area contributed by atoms with Crippen molar-refractivity contribution >= 4 is 5.91 Å². The normalized spacial score (nSPS) is 16.9. The first-order valence-corrected chi connectivity index (χ1v) is 8.42. The molecule has 0 unspecified atom stereocenters. The van der Waals surface area contributed by atoms with Gasteiger partial charge >= 0.3 is 0 Å². The molecule has 4 heteroatoms. The summed E-state index contributed by atoms with van der Waals surface area (Å²) in [6, 6.07) is 8.64. The standard InChI is InChI=1S/C19H25N3O/c1-13-16(14(2)22(3)21-13)11-12-19(23)20-18-10-6-8-15-7-4-5-9-17(15)18/h4-5,7,9,18H,6,8,10-12H2,1-3H3,(H,20,23)/t18-/m1/s1. The van der Waals surface area contributed by atoms with Crippen molar-refractivity contribution in [2.45, 2.75) is 52.0 Å². The van der Waals surface area contributed by atoms with E-state index in [-0.39, 0.29) is 11.9 Å². The Balaban J connectivity index is 1.62. The predicted molar refractivity (Wildman–Crippen MR) is 91.3 cm³/mol. The molecule has 122 valence electrons. The van der Waals surface area contributed by atoms with Gasteiger partial charge in [-0.15, -0.1) is 0 Å². The van der Waals surface area contributed by atoms with Crippen molar-refractivity contribution in [3.63, 3.8) is 0 Å². The molecule has 3 rings (SSSR count). The lowest BCUT2D eigenvalue weighted by Gasteiger charge is -2.26. The summed E-state index contributed by atoms with van der Waals surface area (Å²) in [7, 11) is 1.95. The Kier molecular flexibility index (Phi) is 4.51. The van der Waals surface area contributed by atoms with Crippen LogP contribution in [0.2, 0.25) is 0 Å². The van der Waals surface area contributed by atoms with Gasteiger partial charge in [0.2, 0.25) is 5.91 Å². The minimum absolute atomic E-state index is 0.134. The van der Waals surface area contributed by atoms with E-state index >= 15 is 0 Å². The van der Waals surface area contributed by atoms with E-state index in [0.29, 0.717) is 6.42 Å². The van der Waals surface area contributed by atoms with Crippen molar-refractivity contribution in [3.8, 4) is 0 Å². The van der Waals surface area contributed by atoms with Crippen LogP contribution in [0.1, 0.15) is 53.4 Å². The van der Waals surface area contributed by atoms with Crippen LogP contribution in [0, 0.1) is 13.8 Å². The second-order valence-corrected chi connectivity index (χ2v) is 6.48. The van der Waals surface area contributed by atoms with Gasteiger partial charge in [-0.3, -0.25) is 9.48 Å². The summed E-state index contributed by atoms with van der Waals surface area (Å²) in [5, 5.41) is 7.64. The number of nitrogens with zero attached hydrogens (tertiary/aromatic N) is 2. The van der Waals surface area contributed by atoms with Gasteiger partial charge < -0.3 is 5.32 Å². The number of hydrogen-bond acceptors (Lipinski definition) is 2. The summed E-state index contributed by atoms with van der Waals surface area (Å²) < 4.78 is 1.89. The Morgan fingerprint density at radius 3 is 2.87 bits per heavy atom. The first kappa shape index (κ1) is 15.8. The van der Waals surface area contributed by atoms with Crippen molar-refractivity contribution in [2.75, 3.05) is 0 Å². The van der Waals surface area contributed by atoms with E-state index in [9.17, 15) is 4.79 Å². The third-order valence-electron chi connectivity index (χ3n) is 4.97. The van der Waals surface area contributed by atoms with Gasteiger partial charge in [0.25, 0.3) is 0 Å². The third kappa shape index (κ3) is 3.31. The zero-order valence-corrected chi connectivity index (χ0v) is 14.2. The number of rotatable bonds is 4. The lowest BCUT2D eigenvalue weighted by atomic mass is 9.87. The van der Waals surface area contributed by atoms with Crippen molar-refractivity contribution in [3.05, 3.63) is 52.3 Å². The van der Waals surface area contributed by atoms with Gasteiger partial charge in [0, 0.05) is 19.2 Å². The quantitative estimate of drug-likeness (QED) is 0.943. The molecule has 0 radical (unpaired) electrons. The van der Waals surface area contributed by atoms with Gasteiger partial charge in [-0.2, -0.15) is 5.10 Å². The highest BCUT2D eigenvalue weighted by Crippen LogP contribution is 2.29. The highest BCUT2D eigenvalue weighted by Gasteiger charge is 2.21. The average molecular weight is 311 g/mol. The summed E-state index contributed by atoms with van der Waals surface area (Å²) in [6.45, 7) is 4.07. The van der Waals surface area contributed by atoms with Crippen LogP contribution in [0.25, 0.3) is 0 Å². The average Bonchev–Trinajstić information content (AvgIpc) is 2.78. The predicted octanol–water partition coefficient (Wildman–Crippen LogP) is 3.16. The van der Waals surface area contributed by atoms with Crippen LogP contribution in [0.5, 0.6) is 0 Å². The van der Waals surface area contributed by atoms with Crippen molar-refractivity contribution < 1.29 is 4.79 Å². The van der Waals surface area contributed by atoms with Crippen molar-refractivity contribution in [2.24, 2.45) is 7.05 Å². The number of nitrogens with one attached hydrogen (secondary N) is 1. The van der Waals surface area contributed by atoms with Gasteiger partial charge in [0.1, 0.15) is 0 Å². The van der Waals surface area contributed by atoms with Crippen LogP contribution in [0.15, 0.2) is 24.3 Å². The third-order valence-corrected chi connectivity index (χ3v) is 4.97. The van der Waals surface area contributed by atoms with Crippen molar-refractivity contribution in [1.82, 2.24) is 15.1 Å². The largest absolute Gasteiger partial charge is 0.349 e. The Bertz CT molecular complexity index is 717. The molecular weight excluding hydrogens is 286 g/mol. The molecule has 1 aromatic heterocycles. The van der Waals surface area contributed by atoms with Crippen LogP contribution in [-0.2, 0) is 24.7 Å². The topological polar surface area (TPSA) is 46.9 Å². The molecule has 1 heterocycles. The molecule has 1 aliphatic rings. The highest BCUT2D eigenvalue weighted by molar-refractivity contribution is 5.77. The minimum atomic E-state index is 0.134. The van der Waals surface area contributed by atoms with Gasteiger partial charge in [0.15, 0.2) is 0 Å². The van der Waals surface area contributed by atoms with E-state index in [0.717, 1.165) is 37.1 Å². The van der Waals surface area contributed by atoms with Crippen LogP contribution >= 0.6 is 0 Å². The Hall–Kier alpha value is -2.10. The summed E-state index contributed by atoms with van der Waals surface area (Å²) >= 11 is 0. The lowest BCUT2D eigenvalue weighted by molar-refractivity contribution is -0.121. The van der Waals surface area contributed by atoms with Gasteiger partial charge in [-0.05, 0) is 56.2 Å². The van der Waals surface area contributed by atoms with Gasteiger partial charge in [0.05, 0.1) is 11.7 Å². The fourth-order valence-corrected chi connectivity index (χ4v) is 3.59. The smallest absolute Gasteiger partial charge is 0.220 e. The first-order valence-electron chi connectivity index (χ1n) is 8.42. The number of hydrogen-bond donors (Lipinski definition) is 1. The monoisotopic (exact) mass is 311 g/mol. The molecule has 0 fully saturated rings. The summed E-state index contributed by atoms with van der Waals surface area (Å²) in [4.78, 5) is 12.4. The maximum absolute atomic E-state index is 12.4. The Labute approximate surface area is 137 Å². The van der Waals surface area contributed by atoms with E-state index in [1.165, 1.54) is 16.7 Å². The summed E-state index contributed by atoms with van der Waals surface area (Å²) in [5.41, 5.74) is 6.05. The molecule has 4 nitrogen and oxygen atoms in total. The second-order valence-electron chi connectivity index (χ2n) is 6.48. The number of aryl methyl sites for hydroxylation is 3. The SMILES string of the molecule is Cc1nn(C)c(C)c1CCC(=O)N[C@@H]1CCCc2ccccc21. The number of amides is 1. The maximum atomic E-state index is 12.4. The molecule has 1 aliphatic carbocycles. The van der Waals surface area contributed by atoms with E-state index in [2.05, 4.69) is 41.6 Å². The van der Waals surface area contributed by atoms with Crippen molar-refractivity contribution in [1.29, 1.82) is 0 Å². The van der Waals surface area contributed by atoms with Crippen LogP contribution in [-0.4, -0.2) is 15.7 Å². The van der Waals surface area contributed by atoms with E-state index < -0.39 is 0 Å². The molecule has 0 aliphatic heterocycles. The zero-order valence-electron chi connectivity index (χ0n) is 14.2. The van der Waals surface area contributed by atoms with E-state index in [1.54, 1.807) is 0 Å². The number of carbonyl (C=O) groups is 1. The van der Waals surface area contributed by atoms with E-state index in [4.69, 9.17) is 0 Å². The molecule has 23 heavy (non-hydrogen) atoms. The van der Waals surface area contributed by atoms with Crippen LogP contribution < -0.4 is 5.32 Å². The Morgan fingerprint density at radius 1 is 1.35 bits per heavy atom. The fourth-order valence-electron chi connectivity index (χ4n) is 3.59. The number of carbonyl (C=O) groups excluding carboxylic acids is 1. The highest BCUT2D eigenvalue weighted by atomic mass is 16.1. The lowest BCUT2D eigenvalue weighted by Crippen LogP contribution is -2.31. The van der Waals surface area contributed by atoms with Crippen LogP contribution in [0.4, 0.5) is 0 Å². The number of aromatic nitrogens is 2. The fraction of sp³-hybridized carbons (Fsp3) is 0.474. The maximum Gasteiger partial charge on any atom is 0.220 e. The van der Waals surface area contributed by atoms with Gasteiger partial charge in [-0.1, -0.05) is 24.3 Å². The molecule has 1 amide bonds. The molecule has 1 atom stereocenters. The molecule has 0 saturated heterocycles. The molecule has 2 aromatic rings. The minimum Gasteiger partial charge on any atom is -0.349 e. The molecule has 0 spiro atoms. The second kappa shape index (κ2) is 6.57. The zero-order chi connectivity index (χ0) is 16.4. The first-order chi connectivity index (χ1) is 11.1. The molecule has 1 N–H and O–H groups in total.